The molecule has 0 saturated carbocycles. The lowest BCUT2D eigenvalue weighted by Gasteiger charge is -2.26. The maximum absolute atomic E-state index is 12.3. The Labute approximate surface area is 139 Å². The number of amides is 1. The third-order valence-corrected chi connectivity index (χ3v) is 5.09. The Kier molecular flexibility index (Phi) is 3.99. The van der Waals surface area contributed by atoms with Crippen LogP contribution < -0.4 is 5.32 Å². The molecule has 6 nitrogen and oxygen atoms in total. The van der Waals surface area contributed by atoms with Gasteiger partial charge in [0.05, 0.1) is 11.3 Å². The fourth-order valence-electron chi connectivity index (χ4n) is 2.21. The van der Waals surface area contributed by atoms with Crippen LogP contribution in [0.2, 0.25) is 5.02 Å². The molecular formula is C15H14ClN3O3S. The summed E-state index contributed by atoms with van der Waals surface area (Å²) in [5.41, 5.74) is 1.94. The van der Waals surface area contributed by atoms with Gasteiger partial charge < -0.3 is 10.2 Å². The number of rotatable bonds is 2. The summed E-state index contributed by atoms with van der Waals surface area (Å²) in [6.45, 7) is 2.16. The molecule has 2 heterocycles. The van der Waals surface area contributed by atoms with Crippen LogP contribution in [0, 0.1) is 6.92 Å². The average Bonchev–Trinajstić information content (AvgIpc) is 2.49. The molecule has 0 bridgehead atoms. The number of sulfonamides is 1. The van der Waals surface area contributed by atoms with E-state index in [1.54, 1.807) is 29.3 Å². The van der Waals surface area contributed by atoms with Gasteiger partial charge in [-0.25, -0.2) is 8.42 Å². The Morgan fingerprint density at radius 3 is 2.87 bits per heavy atom. The first-order chi connectivity index (χ1) is 10.8. The minimum absolute atomic E-state index is 0.0662. The fourth-order valence-corrected chi connectivity index (χ4v) is 3.36. The van der Waals surface area contributed by atoms with E-state index >= 15 is 0 Å². The number of hydrogen-bond donors (Lipinski definition) is 1. The molecule has 2 aliphatic rings. The highest BCUT2D eigenvalue weighted by atomic mass is 35.5. The number of anilines is 1. The van der Waals surface area contributed by atoms with Gasteiger partial charge in [0.15, 0.2) is 0 Å². The van der Waals surface area contributed by atoms with Crippen LogP contribution in [0.3, 0.4) is 0 Å². The summed E-state index contributed by atoms with van der Waals surface area (Å²) < 4.78 is 26.6. The highest BCUT2D eigenvalue weighted by molar-refractivity contribution is 7.90. The second-order valence-corrected chi connectivity index (χ2v) is 7.43. The van der Waals surface area contributed by atoms with E-state index in [-0.39, 0.29) is 18.2 Å². The SMILES string of the molecule is Cc1ccc(NC(=O)C2=CN3CCS(=O)(=O)N=C3C=C2)cc1Cl. The zero-order valence-electron chi connectivity index (χ0n) is 12.3. The van der Waals surface area contributed by atoms with E-state index in [1.165, 1.54) is 6.08 Å². The van der Waals surface area contributed by atoms with Gasteiger partial charge in [-0.1, -0.05) is 17.7 Å². The van der Waals surface area contributed by atoms with Crippen LogP contribution in [0.25, 0.3) is 0 Å². The number of aryl methyl sites for hydroxylation is 1. The van der Waals surface area contributed by atoms with Crippen LogP contribution in [-0.2, 0) is 14.8 Å². The van der Waals surface area contributed by atoms with Crippen molar-refractivity contribution in [2.75, 3.05) is 17.6 Å². The Hall–Kier alpha value is -2.12. The fraction of sp³-hybridized carbons (Fsp3) is 0.200. The smallest absolute Gasteiger partial charge is 0.257 e. The first-order valence-electron chi connectivity index (χ1n) is 6.91. The molecule has 0 spiro atoms. The Balaban J connectivity index is 1.78. The van der Waals surface area contributed by atoms with Crippen LogP contribution in [0.5, 0.6) is 0 Å². The second-order valence-electron chi connectivity index (χ2n) is 5.26. The molecule has 0 radical (unpaired) electrons. The first-order valence-corrected chi connectivity index (χ1v) is 8.89. The van der Waals surface area contributed by atoms with Gasteiger partial charge in [0.1, 0.15) is 5.84 Å². The van der Waals surface area contributed by atoms with Crippen molar-refractivity contribution < 1.29 is 13.2 Å². The van der Waals surface area contributed by atoms with Crippen molar-refractivity contribution in [1.82, 2.24) is 4.90 Å². The number of halogens is 1. The van der Waals surface area contributed by atoms with Crippen molar-refractivity contribution in [2.24, 2.45) is 4.40 Å². The molecule has 1 amide bonds. The van der Waals surface area contributed by atoms with Crippen molar-refractivity contribution in [1.29, 1.82) is 0 Å². The molecule has 0 aromatic heterocycles. The molecule has 2 aliphatic heterocycles. The number of carbonyl (C=O) groups is 1. The third-order valence-electron chi connectivity index (χ3n) is 3.52. The lowest BCUT2D eigenvalue weighted by atomic mass is 10.1. The summed E-state index contributed by atoms with van der Waals surface area (Å²) >= 11 is 6.04. The second kappa shape index (κ2) is 5.82. The van der Waals surface area contributed by atoms with E-state index < -0.39 is 10.0 Å². The van der Waals surface area contributed by atoms with Gasteiger partial charge >= 0.3 is 0 Å². The molecule has 0 atom stereocenters. The van der Waals surface area contributed by atoms with Crippen molar-refractivity contribution >= 4 is 39.1 Å². The molecule has 0 saturated heterocycles. The topological polar surface area (TPSA) is 78.8 Å². The molecule has 1 aromatic carbocycles. The molecule has 1 N–H and O–H groups in total. The molecule has 0 unspecified atom stereocenters. The monoisotopic (exact) mass is 351 g/mol. The van der Waals surface area contributed by atoms with Crippen LogP contribution in [-0.4, -0.2) is 37.4 Å². The quantitative estimate of drug-likeness (QED) is 0.884. The van der Waals surface area contributed by atoms with Gasteiger partial charge in [-0.15, -0.1) is 4.40 Å². The maximum Gasteiger partial charge on any atom is 0.257 e. The number of fused-ring (bicyclic) bond motifs is 1. The molecule has 120 valence electrons. The molecule has 0 aliphatic carbocycles. The van der Waals surface area contributed by atoms with Gasteiger partial charge in [-0.3, -0.25) is 4.79 Å². The minimum atomic E-state index is -3.40. The van der Waals surface area contributed by atoms with Crippen LogP contribution >= 0.6 is 11.6 Å². The number of nitrogens with one attached hydrogen (secondary N) is 1. The number of carbonyl (C=O) groups excluding carboxylic acids is 1. The third kappa shape index (κ3) is 3.46. The van der Waals surface area contributed by atoms with Gasteiger partial charge in [-0.05, 0) is 36.8 Å². The van der Waals surface area contributed by atoms with Crippen molar-refractivity contribution in [2.45, 2.75) is 6.92 Å². The van der Waals surface area contributed by atoms with Gasteiger partial charge in [-0.2, -0.15) is 0 Å². The van der Waals surface area contributed by atoms with E-state index in [1.807, 2.05) is 13.0 Å². The molecule has 1 aromatic rings. The normalized spacial score (nSPS) is 18.8. The first kappa shape index (κ1) is 15.8. The Morgan fingerprint density at radius 2 is 2.13 bits per heavy atom. The van der Waals surface area contributed by atoms with E-state index in [2.05, 4.69) is 9.71 Å². The molecule has 23 heavy (non-hydrogen) atoms. The highest BCUT2D eigenvalue weighted by Gasteiger charge is 2.25. The Morgan fingerprint density at radius 1 is 1.35 bits per heavy atom. The van der Waals surface area contributed by atoms with Crippen molar-refractivity contribution in [3.8, 4) is 0 Å². The van der Waals surface area contributed by atoms with Crippen molar-refractivity contribution in [3.05, 3.63) is 52.7 Å². The van der Waals surface area contributed by atoms with Gasteiger partial charge in [0.2, 0.25) is 0 Å². The minimum Gasteiger partial charge on any atom is -0.330 e. The van der Waals surface area contributed by atoms with Gasteiger partial charge in [0.25, 0.3) is 15.9 Å². The molecular weight excluding hydrogens is 338 g/mol. The number of nitrogens with zero attached hydrogens (tertiary/aromatic N) is 2. The predicted molar refractivity (Wildman–Crippen MR) is 90.0 cm³/mol. The van der Waals surface area contributed by atoms with Crippen LogP contribution in [0.4, 0.5) is 5.69 Å². The highest BCUT2D eigenvalue weighted by Crippen LogP contribution is 2.21. The summed E-state index contributed by atoms with van der Waals surface area (Å²) in [5, 5.41) is 3.34. The Bertz CT molecular complexity index is 872. The molecule has 3 rings (SSSR count). The zero-order valence-corrected chi connectivity index (χ0v) is 13.9. The summed E-state index contributed by atoms with van der Waals surface area (Å²) in [5.74, 6) is -0.0385. The predicted octanol–water partition coefficient (Wildman–Crippen LogP) is 2.08. The zero-order chi connectivity index (χ0) is 16.6. The van der Waals surface area contributed by atoms with E-state index in [0.29, 0.717) is 22.1 Å². The van der Waals surface area contributed by atoms with E-state index in [9.17, 15) is 13.2 Å². The standard InChI is InChI=1S/C15H14ClN3O3S/c1-10-2-4-12(8-13(10)16)17-15(20)11-3-5-14-18-23(21,22)7-6-19(14)9-11/h2-5,8-9H,6-7H2,1H3,(H,17,20). The molecule has 0 fully saturated rings. The average molecular weight is 352 g/mol. The van der Waals surface area contributed by atoms with E-state index in [4.69, 9.17) is 11.6 Å². The lowest BCUT2D eigenvalue weighted by Crippen LogP contribution is -2.37. The number of benzene rings is 1. The summed E-state index contributed by atoms with van der Waals surface area (Å²) in [7, 11) is -3.40. The van der Waals surface area contributed by atoms with Crippen LogP contribution in [0.1, 0.15) is 5.56 Å². The summed E-state index contributed by atoms with van der Waals surface area (Å²) in [6, 6.07) is 5.28. The van der Waals surface area contributed by atoms with Crippen LogP contribution in [0.15, 0.2) is 46.5 Å². The summed E-state index contributed by atoms with van der Waals surface area (Å²) in [4.78, 5) is 14.0. The molecule has 8 heteroatoms. The number of amidine groups is 1. The summed E-state index contributed by atoms with van der Waals surface area (Å²) in [6.07, 6.45) is 4.66. The van der Waals surface area contributed by atoms with E-state index in [0.717, 1.165) is 5.56 Å². The maximum atomic E-state index is 12.3. The number of hydrogen-bond acceptors (Lipinski definition) is 4. The lowest BCUT2D eigenvalue weighted by molar-refractivity contribution is -0.112. The van der Waals surface area contributed by atoms with Gasteiger partial charge in [0, 0.05) is 23.5 Å². The van der Waals surface area contributed by atoms with Crippen molar-refractivity contribution in [3.63, 3.8) is 0 Å². The largest absolute Gasteiger partial charge is 0.330 e.